The Morgan fingerprint density at radius 3 is 1.28 bits per heavy atom. The standard InChI is InChI=1S/C57H38N4/c1-6-18-39(19-7-1)40-30-36-45(37-31-40)54-53(43-22-10-3-11-23-43)56-49-29-17-16-28-48(49)52(55(61(56)60-54)46-24-12-4-13-25-46)44-34-32-42(33-35-44)51-38-50(41-20-8-2-9-21-41)58-57(59-51)47-26-14-5-15-27-47/h1-38H. The first-order valence-corrected chi connectivity index (χ1v) is 20.6. The van der Waals surface area contributed by atoms with Crippen LogP contribution >= 0.6 is 0 Å². The van der Waals surface area contributed by atoms with E-state index in [1.54, 1.807) is 0 Å². The normalized spacial score (nSPS) is 11.3. The van der Waals surface area contributed by atoms with Crippen molar-refractivity contribution < 1.29 is 0 Å². The average molecular weight is 779 g/mol. The second-order valence-corrected chi connectivity index (χ2v) is 15.2. The first kappa shape index (κ1) is 35.9. The van der Waals surface area contributed by atoms with E-state index < -0.39 is 0 Å². The van der Waals surface area contributed by atoms with Gasteiger partial charge in [0, 0.05) is 44.3 Å². The molecule has 0 aliphatic carbocycles. The molecule has 0 bridgehead atoms. The van der Waals surface area contributed by atoms with Crippen molar-refractivity contribution in [3.63, 3.8) is 0 Å². The maximum absolute atomic E-state index is 5.62. The smallest absolute Gasteiger partial charge is 0.160 e. The first-order valence-electron chi connectivity index (χ1n) is 20.6. The van der Waals surface area contributed by atoms with Gasteiger partial charge in [-0.3, -0.25) is 0 Å². The van der Waals surface area contributed by atoms with E-state index in [0.29, 0.717) is 5.82 Å². The lowest BCUT2D eigenvalue weighted by molar-refractivity contribution is 0.981. The van der Waals surface area contributed by atoms with Gasteiger partial charge < -0.3 is 0 Å². The minimum Gasteiger partial charge on any atom is -0.231 e. The fraction of sp³-hybridized carbons (Fsp3) is 0. The molecule has 0 saturated carbocycles. The van der Waals surface area contributed by atoms with Gasteiger partial charge in [0.05, 0.1) is 22.6 Å². The number of rotatable bonds is 8. The summed E-state index contributed by atoms with van der Waals surface area (Å²) in [6, 6.07) is 80.9. The van der Waals surface area contributed by atoms with Gasteiger partial charge in [0.25, 0.3) is 0 Å². The summed E-state index contributed by atoms with van der Waals surface area (Å²) in [5.74, 6) is 0.697. The van der Waals surface area contributed by atoms with Crippen molar-refractivity contribution in [2.75, 3.05) is 0 Å². The monoisotopic (exact) mass is 778 g/mol. The molecule has 11 aromatic rings. The van der Waals surface area contributed by atoms with E-state index in [1.807, 2.05) is 36.4 Å². The van der Waals surface area contributed by atoms with Crippen LogP contribution in [0.5, 0.6) is 0 Å². The van der Waals surface area contributed by atoms with E-state index in [4.69, 9.17) is 15.1 Å². The van der Waals surface area contributed by atoms with Gasteiger partial charge in [-0.05, 0) is 33.7 Å². The van der Waals surface area contributed by atoms with Crippen molar-refractivity contribution in [3.8, 4) is 89.8 Å². The van der Waals surface area contributed by atoms with Crippen LogP contribution in [0, 0.1) is 0 Å². The first-order chi connectivity index (χ1) is 30.3. The number of aromatic nitrogens is 4. The van der Waals surface area contributed by atoms with Crippen molar-refractivity contribution in [3.05, 3.63) is 231 Å². The minimum atomic E-state index is 0.697. The van der Waals surface area contributed by atoms with Crippen LogP contribution < -0.4 is 0 Å². The van der Waals surface area contributed by atoms with Gasteiger partial charge in [0.15, 0.2) is 5.82 Å². The largest absolute Gasteiger partial charge is 0.231 e. The zero-order valence-corrected chi connectivity index (χ0v) is 33.2. The van der Waals surface area contributed by atoms with Gasteiger partial charge in [-0.2, -0.15) is 5.10 Å². The number of benzene rings is 8. The topological polar surface area (TPSA) is 43.1 Å². The third-order valence-electron chi connectivity index (χ3n) is 11.5. The molecule has 286 valence electrons. The summed E-state index contributed by atoms with van der Waals surface area (Å²) in [5, 5.41) is 7.91. The molecule has 11 rings (SSSR count). The molecule has 0 saturated heterocycles. The van der Waals surface area contributed by atoms with Gasteiger partial charge in [-0.1, -0.05) is 224 Å². The summed E-state index contributed by atoms with van der Waals surface area (Å²) in [6.45, 7) is 0. The van der Waals surface area contributed by atoms with Crippen molar-refractivity contribution in [1.82, 2.24) is 19.6 Å². The molecule has 0 unspecified atom stereocenters. The van der Waals surface area contributed by atoms with Crippen LogP contribution in [0.25, 0.3) is 106 Å². The zero-order chi connectivity index (χ0) is 40.5. The van der Waals surface area contributed by atoms with E-state index in [2.05, 4.69) is 199 Å². The molecule has 61 heavy (non-hydrogen) atoms. The summed E-state index contributed by atoms with van der Waals surface area (Å²) in [7, 11) is 0. The molecule has 0 N–H and O–H groups in total. The van der Waals surface area contributed by atoms with Crippen LogP contribution in [0.3, 0.4) is 0 Å². The van der Waals surface area contributed by atoms with Crippen molar-refractivity contribution in [2.24, 2.45) is 0 Å². The van der Waals surface area contributed by atoms with Crippen LogP contribution in [-0.4, -0.2) is 19.6 Å². The lowest BCUT2D eigenvalue weighted by Gasteiger charge is -2.18. The molecule has 0 amide bonds. The Labute approximate surface area is 354 Å². The molecule has 0 atom stereocenters. The van der Waals surface area contributed by atoms with Gasteiger partial charge in [-0.25, -0.2) is 14.5 Å². The Balaban J connectivity index is 1.13. The molecule has 0 aliphatic rings. The lowest BCUT2D eigenvalue weighted by Crippen LogP contribution is -2.00. The van der Waals surface area contributed by atoms with E-state index in [1.165, 1.54) is 11.1 Å². The zero-order valence-electron chi connectivity index (χ0n) is 33.2. The van der Waals surface area contributed by atoms with Crippen molar-refractivity contribution in [2.45, 2.75) is 0 Å². The molecule has 8 aromatic carbocycles. The van der Waals surface area contributed by atoms with Crippen LogP contribution in [0.1, 0.15) is 0 Å². The molecule has 3 heterocycles. The van der Waals surface area contributed by atoms with Crippen LogP contribution in [0.4, 0.5) is 0 Å². The Morgan fingerprint density at radius 1 is 0.295 bits per heavy atom. The van der Waals surface area contributed by atoms with E-state index in [-0.39, 0.29) is 0 Å². The fourth-order valence-corrected chi connectivity index (χ4v) is 8.53. The predicted octanol–water partition coefficient (Wildman–Crippen LogP) is 14.6. The summed E-state index contributed by atoms with van der Waals surface area (Å²) < 4.78 is 2.20. The number of hydrogen-bond donors (Lipinski definition) is 0. The Bertz CT molecular complexity index is 3230. The minimum absolute atomic E-state index is 0.697. The maximum atomic E-state index is 5.62. The molecule has 0 fully saturated rings. The highest BCUT2D eigenvalue weighted by molar-refractivity contribution is 6.15. The summed E-state index contributed by atoms with van der Waals surface area (Å²) in [4.78, 5) is 10.1. The van der Waals surface area contributed by atoms with Gasteiger partial charge in [0.2, 0.25) is 0 Å². The molecular weight excluding hydrogens is 741 g/mol. The Kier molecular flexibility index (Phi) is 9.14. The lowest BCUT2D eigenvalue weighted by atomic mass is 9.90. The Morgan fingerprint density at radius 2 is 0.689 bits per heavy atom. The maximum Gasteiger partial charge on any atom is 0.160 e. The van der Waals surface area contributed by atoms with E-state index in [0.717, 1.165) is 89.1 Å². The second kappa shape index (κ2) is 15.5. The molecule has 0 spiro atoms. The number of pyridine rings is 1. The third kappa shape index (κ3) is 6.67. The van der Waals surface area contributed by atoms with Gasteiger partial charge >= 0.3 is 0 Å². The van der Waals surface area contributed by atoms with Crippen molar-refractivity contribution >= 4 is 16.3 Å². The van der Waals surface area contributed by atoms with Crippen LogP contribution in [-0.2, 0) is 0 Å². The molecule has 0 radical (unpaired) electrons. The number of fused-ring (bicyclic) bond motifs is 3. The SMILES string of the molecule is c1ccc(-c2ccc(-c3nn4c(-c5ccccc5)c(-c5ccc(-c6cc(-c7ccccc7)nc(-c7ccccc7)n6)cc5)c5ccccc5c4c3-c3ccccc3)cc2)cc1. The van der Waals surface area contributed by atoms with E-state index in [9.17, 15) is 0 Å². The quantitative estimate of drug-likeness (QED) is 0.154. The molecule has 3 aromatic heterocycles. The highest BCUT2D eigenvalue weighted by Crippen LogP contribution is 2.46. The fourth-order valence-electron chi connectivity index (χ4n) is 8.53. The highest BCUT2D eigenvalue weighted by Gasteiger charge is 2.25. The predicted molar refractivity (Wildman–Crippen MR) is 252 cm³/mol. The van der Waals surface area contributed by atoms with Gasteiger partial charge in [0.1, 0.15) is 5.69 Å². The summed E-state index contributed by atoms with van der Waals surface area (Å²) >= 11 is 0. The number of nitrogens with zero attached hydrogens (tertiary/aromatic N) is 4. The van der Waals surface area contributed by atoms with E-state index >= 15 is 0 Å². The highest BCUT2D eigenvalue weighted by atomic mass is 15.2. The molecular formula is C57H38N4. The summed E-state index contributed by atoms with van der Waals surface area (Å²) in [5.41, 5.74) is 16.8. The third-order valence-corrected chi connectivity index (χ3v) is 11.5. The summed E-state index contributed by atoms with van der Waals surface area (Å²) in [6.07, 6.45) is 0. The van der Waals surface area contributed by atoms with Crippen LogP contribution in [0.15, 0.2) is 231 Å². The van der Waals surface area contributed by atoms with Crippen LogP contribution in [0.2, 0.25) is 0 Å². The van der Waals surface area contributed by atoms with Crippen molar-refractivity contribution in [1.29, 1.82) is 0 Å². The number of hydrogen-bond acceptors (Lipinski definition) is 3. The average Bonchev–Trinajstić information content (AvgIpc) is 3.76. The molecule has 0 aliphatic heterocycles. The van der Waals surface area contributed by atoms with Gasteiger partial charge in [-0.15, -0.1) is 0 Å². The Hall–Kier alpha value is -8.21. The molecule has 4 nitrogen and oxygen atoms in total. The second-order valence-electron chi connectivity index (χ2n) is 15.2. The molecule has 4 heteroatoms.